The van der Waals surface area contributed by atoms with Crippen molar-refractivity contribution in [3.05, 3.63) is 78.1 Å². The molecule has 4 aromatic rings. The van der Waals surface area contributed by atoms with Crippen molar-refractivity contribution in [2.24, 2.45) is 0 Å². The maximum atomic E-state index is 12.9. The smallest absolute Gasteiger partial charge is 0.449 e. The lowest BCUT2D eigenvalue weighted by atomic mass is 10.0. The number of rotatable bonds is 10. The van der Waals surface area contributed by atoms with E-state index in [1.165, 1.54) is 6.07 Å². The van der Waals surface area contributed by atoms with Gasteiger partial charge in [-0.25, -0.2) is 27.7 Å². The number of fused-ring (bicyclic) bond motifs is 1. The molecule has 1 aromatic heterocycles. The molecule has 1 heterocycles. The maximum Gasteiger partial charge on any atom is 0.511 e. The normalized spacial score (nSPS) is 11.3. The fraction of sp³-hybridized carbons (Fsp3) is 0.250. The average Bonchev–Trinajstić information content (AvgIpc) is 3.25. The van der Waals surface area contributed by atoms with Gasteiger partial charge in [-0.1, -0.05) is 61.9 Å². The number of nitrogens with zero attached hydrogens (tertiary/aromatic N) is 2. The van der Waals surface area contributed by atoms with Gasteiger partial charge in [-0.2, -0.15) is 0 Å². The van der Waals surface area contributed by atoms with Gasteiger partial charge in [0.2, 0.25) is 0 Å². The van der Waals surface area contributed by atoms with Crippen LogP contribution in [0.3, 0.4) is 0 Å². The molecule has 1 amide bonds. The summed E-state index contributed by atoms with van der Waals surface area (Å²) in [5, 5.41) is 9.22. The van der Waals surface area contributed by atoms with Gasteiger partial charge in [0.1, 0.15) is 11.3 Å². The molecule has 39 heavy (non-hydrogen) atoms. The van der Waals surface area contributed by atoms with Crippen molar-refractivity contribution in [3.8, 4) is 16.9 Å². The Bertz CT molecular complexity index is 1600. The Hall–Kier alpha value is -4.38. The first kappa shape index (κ1) is 27.6. The highest BCUT2D eigenvalue weighted by molar-refractivity contribution is 7.90. The number of carbonyl (C=O) groups is 2. The third-order valence-corrected chi connectivity index (χ3v) is 7.41. The van der Waals surface area contributed by atoms with E-state index in [9.17, 15) is 23.1 Å². The summed E-state index contributed by atoms with van der Waals surface area (Å²) in [4.78, 5) is 27.8. The van der Waals surface area contributed by atoms with Crippen molar-refractivity contribution in [3.63, 3.8) is 0 Å². The number of nitrogens with one attached hydrogen (secondary N) is 1. The van der Waals surface area contributed by atoms with E-state index in [1.54, 1.807) is 49.4 Å². The number of carboxylic acid groups (broad SMARTS) is 1. The Labute approximate surface area is 226 Å². The van der Waals surface area contributed by atoms with E-state index < -0.39 is 22.3 Å². The molecule has 0 radical (unpaired) electrons. The molecule has 0 aliphatic carbocycles. The third-order valence-electron chi connectivity index (χ3n) is 6.04. The number of aryl methyl sites for hydroxylation is 1. The fourth-order valence-corrected chi connectivity index (χ4v) is 5.43. The topological polar surface area (TPSA) is 137 Å². The summed E-state index contributed by atoms with van der Waals surface area (Å²) in [6.07, 6.45) is 0.168. The molecule has 0 bridgehead atoms. The van der Waals surface area contributed by atoms with E-state index in [4.69, 9.17) is 14.5 Å². The van der Waals surface area contributed by atoms with E-state index in [0.29, 0.717) is 35.1 Å². The first-order valence-electron chi connectivity index (χ1n) is 12.5. The van der Waals surface area contributed by atoms with Crippen molar-refractivity contribution in [2.45, 2.75) is 44.6 Å². The standard InChI is InChI=1S/C28H29N3O7S/c1-3-5-13-25-29-22-10-8-11-23(38-28(33)34)26(22)31(25)18-19-14-16-20(17-15-19)21-9-6-7-12-24(21)39(35,36)30-27(32)37-4-2/h6-12,14-17H,3-5,13,18H2,1-2H3,(H,30,32)(H,33,34). The number of unbranched alkanes of at least 4 members (excludes halogenated alkanes) is 1. The molecule has 0 fully saturated rings. The predicted octanol–water partition coefficient (Wildman–Crippen LogP) is 5.59. The highest BCUT2D eigenvalue weighted by Gasteiger charge is 2.22. The fourth-order valence-electron chi connectivity index (χ4n) is 4.31. The van der Waals surface area contributed by atoms with E-state index in [2.05, 4.69) is 6.92 Å². The molecule has 10 nitrogen and oxygen atoms in total. The first-order chi connectivity index (χ1) is 18.7. The molecule has 0 spiro atoms. The van der Waals surface area contributed by atoms with Crippen LogP contribution in [0, 0.1) is 0 Å². The van der Waals surface area contributed by atoms with Crippen LogP contribution in [0.4, 0.5) is 9.59 Å². The first-order valence-corrected chi connectivity index (χ1v) is 14.0. The van der Waals surface area contributed by atoms with E-state index >= 15 is 0 Å². The van der Waals surface area contributed by atoms with Crippen molar-refractivity contribution < 1.29 is 32.6 Å². The lowest BCUT2D eigenvalue weighted by Gasteiger charge is -2.13. The largest absolute Gasteiger partial charge is 0.511 e. The second-order valence-electron chi connectivity index (χ2n) is 8.73. The number of para-hydroxylation sites is 1. The van der Waals surface area contributed by atoms with Gasteiger partial charge in [-0.15, -0.1) is 0 Å². The van der Waals surface area contributed by atoms with Crippen LogP contribution in [0.15, 0.2) is 71.6 Å². The number of carbonyl (C=O) groups excluding carboxylic acids is 1. The number of hydrogen-bond donors (Lipinski definition) is 2. The SMILES string of the molecule is CCCCc1nc2cccc(OC(=O)O)c2n1Cc1ccc(-c2ccccc2S(=O)(=O)NC(=O)OCC)cc1. The van der Waals surface area contributed by atoms with Crippen LogP contribution < -0.4 is 9.46 Å². The number of aromatic nitrogens is 2. The van der Waals surface area contributed by atoms with Gasteiger partial charge in [0.15, 0.2) is 5.75 Å². The van der Waals surface area contributed by atoms with Crippen molar-refractivity contribution in [1.29, 1.82) is 0 Å². The molecule has 0 atom stereocenters. The Morgan fingerprint density at radius 3 is 2.44 bits per heavy atom. The molecular weight excluding hydrogens is 522 g/mol. The molecular formula is C28H29N3O7S. The van der Waals surface area contributed by atoms with Gasteiger partial charge >= 0.3 is 12.2 Å². The van der Waals surface area contributed by atoms with Crippen molar-refractivity contribution in [1.82, 2.24) is 14.3 Å². The predicted molar refractivity (Wildman–Crippen MR) is 145 cm³/mol. The minimum atomic E-state index is -4.16. The number of amides is 1. The highest BCUT2D eigenvalue weighted by atomic mass is 32.2. The van der Waals surface area contributed by atoms with Crippen LogP contribution in [-0.4, -0.2) is 41.9 Å². The minimum Gasteiger partial charge on any atom is -0.449 e. The van der Waals surface area contributed by atoms with Crippen LogP contribution >= 0.6 is 0 Å². The van der Waals surface area contributed by atoms with Crippen LogP contribution in [0.5, 0.6) is 5.75 Å². The third kappa shape index (κ3) is 6.37. The van der Waals surface area contributed by atoms with Crippen molar-refractivity contribution >= 4 is 33.3 Å². The summed E-state index contributed by atoms with van der Waals surface area (Å²) in [7, 11) is -4.16. The van der Waals surface area contributed by atoms with Crippen molar-refractivity contribution in [2.75, 3.05) is 6.61 Å². The summed E-state index contributed by atoms with van der Waals surface area (Å²) in [6, 6.07) is 18.8. The second kappa shape index (κ2) is 12.0. The van der Waals surface area contributed by atoms with E-state index in [0.717, 1.165) is 24.2 Å². The molecule has 0 aliphatic heterocycles. The Kier molecular flexibility index (Phi) is 8.50. The van der Waals surface area contributed by atoms with Gasteiger partial charge < -0.3 is 19.1 Å². The Morgan fingerprint density at radius 1 is 1.00 bits per heavy atom. The molecule has 204 valence electrons. The minimum absolute atomic E-state index is 0.0424. The molecule has 11 heteroatoms. The zero-order valence-corrected chi connectivity index (χ0v) is 22.4. The molecule has 0 aliphatic rings. The summed E-state index contributed by atoms with van der Waals surface area (Å²) in [5.41, 5.74) is 3.20. The van der Waals surface area contributed by atoms with Crippen LogP contribution in [-0.2, 0) is 27.7 Å². The molecule has 0 saturated carbocycles. The van der Waals surface area contributed by atoms with Crippen LogP contribution in [0.25, 0.3) is 22.2 Å². The maximum absolute atomic E-state index is 12.9. The van der Waals surface area contributed by atoms with Gasteiger partial charge in [0, 0.05) is 18.5 Å². The monoisotopic (exact) mass is 551 g/mol. The molecule has 3 aromatic carbocycles. The second-order valence-corrected chi connectivity index (χ2v) is 10.4. The number of ether oxygens (including phenoxy) is 2. The van der Waals surface area contributed by atoms with Gasteiger partial charge in [-0.3, -0.25) is 0 Å². The molecule has 0 unspecified atom stereocenters. The number of imidazole rings is 1. The summed E-state index contributed by atoms with van der Waals surface area (Å²) < 4.78 is 39.4. The molecule has 0 saturated heterocycles. The molecule has 4 rings (SSSR count). The average molecular weight is 552 g/mol. The van der Waals surface area contributed by atoms with Gasteiger partial charge in [0.25, 0.3) is 10.0 Å². The number of sulfonamides is 1. The summed E-state index contributed by atoms with van der Waals surface area (Å²) >= 11 is 0. The quantitative estimate of drug-likeness (QED) is 0.192. The Morgan fingerprint density at radius 2 is 1.74 bits per heavy atom. The summed E-state index contributed by atoms with van der Waals surface area (Å²) in [6.45, 7) is 4.12. The van der Waals surface area contributed by atoms with Gasteiger partial charge in [-0.05, 0) is 42.7 Å². The number of hydrogen-bond acceptors (Lipinski definition) is 7. The highest BCUT2D eigenvalue weighted by Crippen LogP contribution is 2.30. The summed E-state index contributed by atoms with van der Waals surface area (Å²) in [5.74, 6) is 1.03. The van der Waals surface area contributed by atoms with Crippen LogP contribution in [0.2, 0.25) is 0 Å². The van der Waals surface area contributed by atoms with E-state index in [1.807, 2.05) is 27.5 Å². The lowest BCUT2D eigenvalue weighted by Crippen LogP contribution is -2.31. The van der Waals surface area contributed by atoms with Gasteiger partial charge in [0.05, 0.1) is 17.0 Å². The lowest BCUT2D eigenvalue weighted by molar-refractivity contribution is 0.145. The zero-order valence-electron chi connectivity index (χ0n) is 21.6. The Balaban J connectivity index is 1.68. The molecule has 2 N–H and O–H groups in total. The number of benzene rings is 3. The van der Waals surface area contributed by atoms with Crippen LogP contribution in [0.1, 0.15) is 38.1 Å². The zero-order chi connectivity index (χ0) is 28.0. The van der Waals surface area contributed by atoms with E-state index in [-0.39, 0.29) is 17.3 Å².